The summed E-state index contributed by atoms with van der Waals surface area (Å²) in [5.74, 6) is -2.91. The first-order valence-electron chi connectivity index (χ1n) is 9.71. The molecule has 11 heteroatoms. The van der Waals surface area contributed by atoms with E-state index >= 15 is 0 Å². The average molecular weight is 467 g/mol. The lowest BCUT2D eigenvalue weighted by atomic mass is 9.86. The Morgan fingerprint density at radius 3 is 2.21 bits per heavy atom. The molecule has 2 rings (SSSR count). The molecule has 2 aromatic rings. The van der Waals surface area contributed by atoms with Crippen LogP contribution in [0.5, 0.6) is 11.5 Å². The van der Waals surface area contributed by atoms with Gasteiger partial charge in [0.2, 0.25) is 0 Å². The van der Waals surface area contributed by atoms with Crippen LogP contribution in [0.1, 0.15) is 30.5 Å². The predicted octanol–water partition coefficient (Wildman–Crippen LogP) is 3.65. The normalized spacial score (nSPS) is 12.9. The van der Waals surface area contributed by atoms with Crippen LogP contribution in [0.3, 0.4) is 0 Å². The zero-order valence-electron chi connectivity index (χ0n) is 18.4. The summed E-state index contributed by atoms with van der Waals surface area (Å²) in [4.78, 5) is 24.4. The number of halogens is 3. The number of rotatable bonds is 8. The maximum Gasteiger partial charge on any atom is 0.426 e. The van der Waals surface area contributed by atoms with Gasteiger partial charge >= 0.3 is 18.1 Å². The van der Waals surface area contributed by atoms with Gasteiger partial charge in [0.15, 0.2) is 11.5 Å². The quantitative estimate of drug-likeness (QED) is 0.234. The van der Waals surface area contributed by atoms with E-state index in [1.54, 1.807) is 0 Å². The van der Waals surface area contributed by atoms with Gasteiger partial charge in [-0.3, -0.25) is 10.2 Å². The second kappa shape index (κ2) is 9.80. The molecule has 0 fully saturated rings. The topological polar surface area (TPSA) is 124 Å². The first-order valence-corrected chi connectivity index (χ1v) is 9.71. The van der Waals surface area contributed by atoms with Gasteiger partial charge in [-0.2, -0.15) is 13.2 Å². The van der Waals surface area contributed by atoms with E-state index in [2.05, 4.69) is 5.32 Å². The molecule has 0 spiro atoms. The predicted molar refractivity (Wildman–Crippen MR) is 114 cm³/mol. The number of carbonyl (C=O) groups excluding carboxylic acids is 2. The molecule has 33 heavy (non-hydrogen) atoms. The molecule has 0 aliphatic heterocycles. The monoisotopic (exact) mass is 467 g/mol. The van der Waals surface area contributed by atoms with Crippen molar-refractivity contribution in [2.24, 2.45) is 5.73 Å². The molecule has 0 aliphatic rings. The van der Waals surface area contributed by atoms with E-state index in [1.165, 1.54) is 45.2 Å². The van der Waals surface area contributed by atoms with Gasteiger partial charge in [-0.1, -0.05) is 0 Å². The Morgan fingerprint density at radius 1 is 1.15 bits per heavy atom. The van der Waals surface area contributed by atoms with Crippen LogP contribution >= 0.6 is 0 Å². The van der Waals surface area contributed by atoms with Crippen molar-refractivity contribution in [3.63, 3.8) is 0 Å². The number of methoxy groups -OCH3 is 1. The fourth-order valence-electron chi connectivity index (χ4n) is 3.23. The smallest absolute Gasteiger partial charge is 0.426 e. The molecule has 8 nitrogen and oxygen atoms in total. The van der Waals surface area contributed by atoms with Crippen LogP contribution in [0.25, 0.3) is 0 Å². The Labute approximate surface area is 188 Å². The minimum Gasteiger partial charge on any atom is -0.493 e. The van der Waals surface area contributed by atoms with Crippen molar-refractivity contribution < 1.29 is 37.0 Å². The van der Waals surface area contributed by atoms with Crippen LogP contribution in [-0.2, 0) is 19.9 Å². The number of amidine groups is 1. The highest BCUT2D eigenvalue weighted by atomic mass is 19.4. The fourth-order valence-corrected chi connectivity index (χ4v) is 3.23. The summed E-state index contributed by atoms with van der Waals surface area (Å²) in [6.07, 6.45) is -5.19. The highest BCUT2D eigenvalue weighted by molar-refractivity contribution is 5.95. The number of alkyl halides is 3. The summed E-state index contributed by atoms with van der Waals surface area (Å²) in [7, 11) is 1.27. The first-order chi connectivity index (χ1) is 15.4. The van der Waals surface area contributed by atoms with Gasteiger partial charge in [-0.05, 0) is 55.8 Å². The van der Waals surface area contributed by atoms with E-state index in [0.29, 0.717) is 0 Å². The summed E-state index contributed by atoms with van der Waals surface area (Å²) >= 11 is 0. The lowest BCUT2D eigenvalue weighted by molar-refractivity contribution is -0.203. The van der Waals surface area contributed by atoms with Gasteiger partial charge in [0, 0.05) is 23.7 Å². The number of carbonyl (C=O) groups is 2. The Bertz CT molecular complexity index is 1050. The van der Waals surface area contributed by atoms with Crippen molar-refractivity contribution in [2.45, 2.75) is 32.5 Å². The van der Waals surface area contributed by atoms with Crippen molar-refractivity contribution in [1.29, 1.82) is 5.41 Å². The van der Waals surface area contributed by atoms with Crippen molar-refractivity contribution in [2.75, 3.05) is 19.0 Å². The molecule has 0 aromatic heterocycles. The first kappa shape index (κ1) is 25.5. The lowest BCUT2D eigenvalue weighted by Crippen LogP contribution is -2.56. The summed E-state index contributed by atoms with van der Waals surface area (Å²) < 4.78 is 59.1. The van der Waals surface area contributed by atoms with E-state index < -0.39 is 29.2 Å². The molecular weight excluding hydrogens is 443 g/mol. The Hall–Kier alpha value is -3.76. The number of nitrogens with one attached hydrogen (secondary N) is 2. The Balaban J connectivity index is 2.81. The molecule has 0 amide bonds. The molecule has 1 atom stereocenters. The van der Waals surface area contributed by atoms with Gasteiger partial charge in [-0.25, -0.2) is 4.79 Å². The fraction of sp³-hybridized carbons (Fsp3) is 0.318. The summed E-state index contributed by atoms with van der Waals surface area (Å²) in [5.41, 5.74) is 1.86. The third-order valence-corrected chi connectivity index (χ3v) is 4.67. The molecule has 4 N–H and O–H groups in total. The SMILES string of the molecule is CCOC(=O)C(Nc1ccc(C(=N)N)cc1)(c1cc(C)c(OC)c(OC(C)=O)c1)C(F)(F)F. The molecule has 178 valence electrons. The van der Waals surface area contributed by atoms with Gasteiger partial charge < -0.3 is 25.3 Å². The molecule has 2 aromatic carbocycles. The van der Waals surface area contributed by atoms with E-state index in [9.17, 15) is 22.8 Å². The van der Waals surface area contributed by atoms with Crippen molar-refractivity contribution in [1.82, 2.24) is 0 Å². The zero-order chi connectivity index (χ0) is 25.0. The second-order valence-electron chi connectivity index (χ2n) is 7.00. The largest absolute Gasteiger partial charge is 0.493 e. The minimum atomic E-state index is -5.19. The molecule has 0 saturated carbocycles. The summed E-state index contributed by atoms with van der Waals surface area (Å²) in [6.45, 7) is 3.60. The van der Waals surface area contributed by atoms with Crippen LogP contribution in [-0.4, -0.2) is 37.7 Å². The number of benzene rings is 2. The molecule has 0 bridgehead atoms. The number of hydrogen-bond acceptors (Lipinski definition) is 7. The molecule has 0 saturated heterocycles. The number of aryl methyl sites for hydroxylation is 1. The minimum absolute atomic E-state index is 0.0414. The van der Waals surface area contributed by atoms with Crippen molar-refractivity contribution in [3.05, 3.63) is 53.1 Å². The third-order valence-electron chi connectivity index (χ3n) is 4.67. The zero-order valence-corrected chi connectivity index (χ0v) is 18.4. The highest BCUT2D eigenvalue weighted by Crippen LogP contribution is 2.46. The Morgan fingerprint density at radius 2 is 1.76 bits per heavy atom. The van der Waals surface area contributed by atoms with Crippen LogP contribution < -0.4 is 20.5 Å². The van der Waals surface area contributed by atoms with E-state index in [0.717, 1.165) is 19.1 Å². The van der Waals surface area contributed by atoms with E-state index in [1.807, 2.05) is 0 Å². The van der Waals surface area contributed by atoms with Gasteiger partial charge in [0.05, 0.1) is 13.7 Å². The summed E-state index contributed by atoms with van der Waals surface area (Å²) in [6, 6.07) is 7.18. The van der Waals surface area contributed by atoms with Gasteiger partial charge in [0.1, 0.15) is 5.84 Å². The van der Waals surface area contributed by atoms with Gasteiger partial charge in [0.25, 0.3) is 5.54 Å². The molecule has 0 radical (unpaired) electrons. The second-order valence-corrected chi connectivity index (χ2v) is 7.00. The molecule has 1 unspecified atom stereocenters. The molecule has 0 aliphatic carbocycles. The van der Waals surface area contributed by atoms with Crippen LogP contribution in [0.2, 0.25) is 0 Å². The number of hydrogen-bond donors (Lipinski definition) is 3. The third kappa shape index (κ3) is 5.18. The van der Waals surface area contributed by atoms with Gasteiger partial charge in [-0.15, -0.1) is 0 Å². The van der Waals surface area contributed by atoms with E-state index in [-0.39, 0.29) is 40.8 Å². The van der Waals surface area contributed by atoms with E-state index in [4.69, 9.17) is 25.4 Å². The molecule has 0 heterocycles. The maximum atomic E-state index is 14.7. The number of anilines is 1. The average Bonchev–Trinajstić information content (AvgIpc) is 2.70. The van der Waals surface area contributed by atoms with Crippen molar-refractivity contribution >= 4 is 23.5 Å². The van der Waals surface area contributed by atoms with Crippen LogP contribution in [0.4, 0.5) is 18.9 Å². The standard InChI is InChI=1S/C22H24F3N3O5/c1-5-32-20(30)21(22(23,24)25,28-16-8-6-14(7-9-16)19(26)27)15-10-12(2)18(31-4)17(11-15)33-13(3)29/h6-11,28H,5H2,1-4H3,(H3,26,27). The van der Waals surface area contributed by atoms with Crippen LogP contribution in [0.15, 0.2) is 36.4 Å². The Kier molecular flexibility index (Phi) is 7.57. The lowest BCUT2D eigenvalue weighted by Gasteiger charge is -2.36. The van der Waals surface area contributed by atoms with Crippen molar-refractivity contribution in [3.8, 4) is 11.5 Å². The number of nitrogen functional groups attached to an aromatic ring is 1. The number of nitrogens with two attached hydrogens (primary N) is 1. The molecular formula is C22H24F3N3O5. The highest BCUT2D eigenvalue weighted by Gasteiger charge is 2.63. The van der Waals surface area contributed by atoms with Crippen LogP contribution in [0, 0.1) is 12.3 Å². The summed E-state index contributed by atoms with van der Waals surface area (Å²) in [5, 5.41) is 9.69. The maximum absolute atomic E-state index is 14.7. The number of ether oxygens (including phenoxy) is 3. The number of esters is 2.